The minimum Gasteiger partial charge on any atom is -0.350 e. The van der Waals surface area contributed by atoms with Crippen LogP contribution in [0.3, 0.4) is 0 Å². The minimum absolute atomic E-state index is 0.226. The number of benzene rings is 1. The summed E-state index contributed by atoms with van der Waals surface area (Å²) >= 11 is 10.6. The van der Waals surface area contributed by atoms with Crippen LogP contribution in [0.4, 0.5) is 0 Å². The molecule has 1 aliphatic rings. The van der Waals surface area contributed by atoms with Crippen molar-refractivity contribution in [3.05, 3.63) is 70.0 Å². The van der Waals surface area contributed by atoms with Crippen LogP contribution in [0.2, 0.25) is 5.02 Å². The molecule has 1 aromatic carbocycles. The molecule has 0 saturated heterocycles. The number of hydrogen-bond donors (Lipinski definition) is 2. The van der Waals surface area contributed by atoms with Gasteiger partial charge < -0.3 is 5.32 Å². The van der Waals surface area contributed by atoms with Crippen LogP contribution in [0.15, 0.2) is 63.9 Å². The predicted octanol–water partition coefficient (Wildman–Crippen LogP) is 8.18. The molecule has 0 spiro atoms. The summed E-state index contributed by atoms with van der Waals surface area (Å²) in [7, 11) is 0. The molecule has 1 N–H and O–H groups in total. The van der Waals surface area contributed by atoms with Crippen molar-refractivity contribution in [2.45, 2.75) is 73.1 Å². The third kappa shape index (κ3) is 10.7. The van der Waals surface area contributed by atoms with E-state index >= 15 is 0 Å². The van der Waals surface area contributed by atoms with Gasteiger partial charge >= 0.3 is 0 Å². The molecule has 1 heterocycles. The van der Waals surface area contributed by atoms with Crippen LogP contribution in [0.5, 0.6) is 0 Å². The van der Waals surface area contributed by atoms with Gasteiger partial charge in [0.2, 0.25) is 0 Å². The summed E-state index contributed by atoms with van der Waals surface area (Å²) in [5.41, 5.74) is 6.05. The van der Waals surface area contributed by atoms with Crippen LogP contribution in [-0.2, 0) is 6.42 Å². The van der Waals surface area contributed by atoms with Crippen molar-refractivity contribution in [2.75, 3.05) is 12.3 Å². The van der Waals surface area contributed by atoms with Crippen molar-refractivity contribution in [1.82, 2.24) is 5.32 Å². The molecule has 1 aromatic rings. The van der Waals surface area contributed by atoms with E-state index in [1.165, 1.54) is 23.2 Å². The highest BCUT2D eigenvalue weighted by Gasteiger charge is 2.20. The first-order valence-corrected chi connectivity index (χ1v) is 12.7. The van der Waals surface area contributed by atoms with Crippen LogP contribution in [0.25, 0.3) is 0 Å². The molecule has 5 heteroatoms. The molecule has 0 saturated carbocycles. The lowest BCUT2D eigenvalue weighted by atomic mass is 9.87. The van der Waals surface area contributed by atoms with Gasteiger partial charge in [-0.15, -0.1) is 0 Å². The van der Waals surface area contributed by atoms with Crippen LogP contribution >= 0.6 is 24.2 Å². The Morgan fingerprint density at radius 1 is 1.34 bits per heavy atom. The second kappa shape index (κ2) is 18.8. The topological polar surface area (TPSA) is 36.8 Å². The Hall–Kier alpha value is -1.78. The first kappa shape index (κ1) is 30.2. The third-order valence-electron chi connectivity index (χ3n) is 4.89. The van der Waals surface area contributed by atoms with E-state index in [0.29, 0.717) is 0 Å². The molecule has 1 aliphatic heterocycles. The van der Waals surface area contributed by atoms with Gasteiger partial charge in [-0.1, -0.05) is 64.4 Å². The number of hydrogen-bond acceptors (Lipinski definition) is 4. The zero-order valence-electron chi connectivity index (χ0n) is 20.8. The maximum absolute atomic E-state index is 6.14. The highest BCUT2D eigenvalue weighted by atomic mass is 35.5. The van der Waals surface area contributed by atoms with Crippen molar-refractivity contribution >= 4 is 36.8 Å². The molecular formula is C27H42ClN3S. The number of allylic oxidation sites excluding steroid dienone is 4. The summed E-state index contributed by atoms with van der Waals surface area (Å²) in [5.74, 6) is 1.03. The number of aliphatic imine (C=N–C) groups is 2. The fourth-order valence-corrected chi connectivity index (χ4v) is 3.80. The Morgan fingerprint density at radius 2 is 2.06 bits per heavy atom. The zero-order valence-corrected chi connectivity index (χ0v) is 22.4. The fourth-order valence-electron chi connectivity index (χ4n) is 3.35. The average molecular weight is 476 g/mol. The van der Waals surface area contributed by atoms with Gasteiger partial charge in [-0.2, -0.15) is 12.6 Å². The van der Waals surface area contributed by atoms with Gasteiger partial charge in [-0.3, -0.25) is 9.98 Å². The van der Waals surface area contributed by atoms with Gasteiger partial charge in [0.15, 0.2) is 0 Å². The van der Waals surface area contributed by atoms with Gasteiger partial charge in [-0.25, -0.2) is 0 Å². The Morgan fingerprint density at radius 3 is 2.56 bits per heavy atom. The quantitative estimate of drug-likeness (QED) is 0.211. The van der Waals surface area contributed by atoms with Crippen LogP contribution in [0, 0.1) is 0 Å². The molecule has 0 amide bonds. The normalized spacial score (nSPS) is 14.2. The Kier molecular flexibility index (Phi) is 17.7. The van der Waals surface area contributed by atoms with Gasteiger partial charge in [0, 0.05) is 22.9 Å². The number of nitrogens with one attached hydrogen (secondary N) is 1. The van der Waals surface area contributed by atoms with E-state index in [9.17, 15) is 0 Å². The average Bonchev–Trinajstić information content (AvgIpc) is 2.83. The van der Waals surface area contributed by atoms with E-state index in [1.54, 1.807) is 6.34 Å². The van der Waals surface area contributed by atoms with Crippen molar-refractivity contribution in [3.63, 3.8) is 0 Å². The second-order valence-corrected chi connectivity index (χ2v) is 7.92. The third-order valence-corrected chi connectivity index (χ3v) is 5.38. The summed E-state index contributed by atoms with van der Waals surface area (Å²) in [5, 5.41) is 3.87. The maximum atomic E-state index is 6.14. The van der Waals surface area contributed by atoms with Crippen LogP contribution in [0.1, 0.15) is 77.8 Å². The maximum Gasteiger partial charge on any atom is 0.0869 e. The lowest BCUT2D eigenvalue weighted by Crippen LogP contribution is -2.14. The molecule has 0 radical (unpaired) electrons. The molecular weight excluding hydrogens is 434 g/mol. The standard InChI is InChI=1S/C18H24ClNS.C7H12N2.C2H6/c1-5-13(4)18(20-7-3)17(10-11-21)16-9-8-15(19)12-14(16)6-2;1-2-3-7-4-5-8-6-9-7;1-2/h5,7-9,12,17,21H,1,6,10-11H2,2-4H3;4,6H,2-3,5H2,1H3,(H,8,9);1-2H3/b18-13-,20-7?;;. The molecule has 32 heavy (non-hydrogen) atoms. The SMILES string of the molecule is C=C/C(C)=C(\N=CC)C(CCS)c1ccc(Cl)cc1CC.CC.CCCC1=CCN=CN1. The van der Waals surface area contributed by atoms with Crippen molar-refractivity contribution in [3.8, 4) is 0 Å². The lowest BCUT2D eigenvalue weighted by Gasteiger charge is -2.22. The van der Waals surface area contributed by atoms with E-state index in [2.05, 4.69) is 73.5 Å². The van der Waals surface area contributed by atoms with E-state index in [4.69, 9.17) is 11.6 Å². The van der Waals surface area contributed by atoms with E-state index < -0.39 is 0 Å². The fraction of sp³-hybridized carbons (Fsp3) is 0.481. The number of nitrogens with zero attached hydrogens (tertiary/aromatic N) is 2. The molecule has 178 valence electrons. The summed E-state index contributed by atoms with van der Waals surface area (Å²) in [6.45, 7) is 17.1. The molecule has 0 fully saturated rings. The Labute approximate surface area is 207 Å². The van der Waals surface area contributed by atoms with E-state index in [1.807, 2.05) is 39.1 Å². The van der Waals surface area contributed by atoms with Crippen LogP contribution in [-0.4, -0.2) is 24.9 Å². The number of aryl methyl sites for hydroxylation is 1. The predicted molar refractivity (Wildman–Crippen MR) is 150 cm³/mol. The minimum atomic E-state index is 0.226. The molecule has 1 unspecified atom stereocenters. The summed E-state index contributed by atoms with van der Waals surface area (Å²) in [6.07, 6.45) is 11.8. The molecule has 0 bridgehead atoms. The van der Waals surface area contributed by atoms with Gasteiger partial charge in [-0.05, 0) is 73.8 Å². The molecule has 2 rings (SSSR count). The summed E-state index contributed by atoms with van der Waals surface area (Å²) < 4.78 is 0. The number of rotatable bonds is 9. The first-order chi connectivity index (χ1) is 15.5. The second-order valence-electron chi connectivity index (χ2n) is 7.04. The largest absolute Gasteiger partial charge is 0.350 e. The monoisotopic (exact) mass is 475 g/mol. The molecule has 0 aliphatic carbocycles. The van der Waals surface area contributed by atoms with Crippen LogP contribution < -0.4 is 5.32 Å². The Balaban J connectivity index is 0.000000723. The van der Waals surface area contributed by atoms with Gasteiger partial charge in [0.1, 0.15) is 0 Å². The van der Waals surface area contributed by atoms with Gasteiger partial charge in [0.05, 0.1) is 18.6 Å². The van der Waals surface area contributed by atoms with Crippen molar-refractivity contribution < 1.29 is 0 Å². The summed E-state index contributed by atoms with van der Waals surface area (Å²) in [4.78, 5) is 8.60. The van der Waals surface area contributed by atoms with E-state index in [-0.39, 0.29) is 5.92 Å². The summed E-state index contributed by atoms with van der Waals surface area (Å²) in [6, 6.07) is 6.13. The zero-order chi connectivity index (χ0) is 24.4. The highest BCUT2D eigenvalue weighted by Crippen LogP contribution is 2.35. The van der Waals surface area contributed by atoms with E-state index in [0.717, 1.165) is 47.9 Å². The smallest absolute Gasteiger partial charge is 0.0869 e. The number of halogens is 1. The Bertz CT molecular complexity index is 794. The van der Waals surface area contributed by atoms with Crippen molar-refractivity contribution in [1.29, 1.82) is 0 Å². The van der Waals surface area contributed by atoms with Gasteiger partial charge in [0.25, 0.3) is 0 Å². The first-order valence-electron chi connectivity index (χ1n) is 11.7. The van der Waals surface area contributed by atoms with Crippen molar-refractivity contribution in [2.24, 2.45) is 9.98 Å². The molecule has 1 atom stereocenters. The molecule has 3 nitrogen and oxygen atoms in total. The number of thiol groups is 1. The lowest BCUT2D eigenvalue weighted by molar-refractivity contribution is 0.742. The molecule has 0 aromatic heterocycles. The highest BCUT2D eigenvalue weighted by molar-refractivity contribution is 7.80.